The molecule has 2 saturated heterocycles. The number of nitrogens with one attached hydrogen (secondary N) is 1. The van der Waals surface area contributed by atoms with E-state index >= 15 is 0 Å². The normalized spacial score (nSPS) is 28.0. The Labute approximate surface area is 169 Å². The van der Waals surface area contributed by atoms with Crippen molar-refractivity contribution in [3.63, 3.8) is 0 Å². The van der Waals surface area contributed by atoms with E-state index in [4.69, 9.17) is 9.47 Å². The van der Waals surface area contributed by atoms with Crippen molar-refractivity contribution >= 4 is 5.91 Å². The van der Waals surface area contributed by atoms with Crippen molar-refractivity contribution in [2.75, 3.05) is 25.2 Å². The van der Waals surface area contributed by atoms with Gasteiger partial charge in [-0.25, -0.2) is 0 Å². The molecule has 1 amide bonds. The van der Waals surface area contributed by atoms with Gasteiger partial charge in [-0.3, -0.25) is 14.3 Å². The molecular weight excluding hydrogens is 370 g/mol. The predicted molar refractivity (Wildman–Crippen MR) is 107 cm³/mol. The maximum atomic E-state index is 13.4. The summed E-state index contributed by atoms with van der Waals surface area (Å²) < 4.78 is 13.1. The molecule has 3 aliphatic rings. The van der Waals surface area contributed by atoms with Crippen LogP contribution in [0, 0.1) is 11.3 Å². The van der Waals surface area contributed by atoms with Crippen molar-refractivity contribution in [2.45, 2.75) is 32.5 Å². The highest BCUT2D eigenvalue weighted by atomic mass is 16.5. The van der Waals surface area contributed by atoms with Crippen LogP contribution >= 0.6 is 0 Å². The molecule has 3 unspecified atom stereocenters. The Morgan fingerprint density at radius 3 is 2.86 bits per heavy atom. The Hall–Kier alpha value is -2.80. The molecule has 3 aliphatic heterocycles. The first-order chi connectivity index (χ1) is 14.1. The molecule has 7 heteroatoms. The van der Waals surface area contributed by atoms with Crippen molar-refractivity contribution < 1.29 is 14.3 Å². The molecule has 1 aromatic heterocycles. The van der Waals surface area contributed by atoms with E-state index in [-0.39, 0.29) is 41.0 Å². The van der Waals surface area contributed by atoms with Gasteiger partial charge >= 0.3 is 0 Å². The topological polar surface area (TPSA) is 72.8 Å². The minimum Gasteiger partial charge on any atom is -0.482 e. The van der Waals surface area contributed by atoms with Gasteiger partial charge in [-0.2, -0.15) is 0 Å². The largest absolute Gasteiger partial charge is 0.482 e. The Morgan fingerprint density at radius 2 is 2.07 bits per heavy atom. The number of carbonyl (C=O) groups is 1. The highest BCUT2D eigenvalue weighted by Gasteiger charge is 2.52. The summed E-state index contributed by atoms with van der Waals surface area (Å²) in [5.74, 6) is 0.340. The summed E-state index contributed by atoms with van der Waals surface area (Å²) in [6, 6.07) is 11.1. The standard InChI is InChI=1S/C22H25N3O4/c1-15-12-28-10-8-22(15)11-18-23-25-9-7-17(26)20(19(25)21(27)24(18)14-22)29-13-16-5-3-2-4-6-16/h2-7,9,15,18,23H,8,10-14H2,1H3. The molecule has 2 fully saturated rings. The SMILES string of the molecule is CC1COCCC12CC1Nn3ccc(=O)c(OCc4ccccc4)c3C(=O)N1C2. The van der Waals surface area contributed by atoms with E-state index in [0.29, 0.717) is 12.5 Å². The second-order valence-electron chi connectivity index (χ2n) is 8.37. The molecule has 0 aliphatic carbocycles. The van der Waals surface area contributed by atoms with Crippen LogP contribution in [0.25, 0.3) is 0 Å². The van der Waals surface area contributed by atoms with Crippen LogP contribution < -0.4 is 15.6 Å². The minimum absolute atomic E-state index is 0.0551. The number of hydrogen-bond donors (Lipinski definition) is 1. The van der Waals surface area contributed by atoms with E-state index in [9.17, 15) is 9.59 Å². The van der Waals surface area contributed by atoms with Crippen molar-refractivity contribution in [1.82, 2.24) is 9.58 Å². The molecule has 0 saturated carbocycles. The van der Waals surface area contributed by atoms with E-state index in [1.54, 1.807) is 10.9 Å². The predicted octanol–water partition coefficient (Wildman–Crippen LogP) is 2.20. The lowest BCUT2D eigenvalue weighted by molar-refractivity contribution is -0.0280. The number of amides is 1. The first-order valence-electron chi connectivity index (χ1n) is 10.1. The van der Waals surface area contributed by atoms with Crippen molar-refractivity contribution in [3.05, 3.63) is 64.1 Å². The number of hydrogen-bond acceptors (Lipinski definition) is 5. The van der Waals surface area contributed by atoms with Crippen LogP contribution in [0.15, 0.2) is 47.4 Å². The van der Waals surface area contributed by atoms with Crippen molar-refractivity contribution in [3.8, 4) is 5.75 Å². The van der Waals surface area contributed by atoms with Gasteiger partial charge in [0.25, 0.3) is 5.91 Å². The Balaban J connectivity index is 1.45. The molecule has 1 spiro atoms. The zero-order valence-electron chi connectivity index (χ0n) is 16.5. The van der Waals surface area contributed by atoms with Gasteiger partial charge in [0.15, 0.2) is 11.4 Å². The lowest BCUT2D eigenvalue weighted by Crippen LogP contribution is -2.51. The van der Waals surface area contributed by atoms with Crippen molar-refractivity contribution in [2.24, 2.45) is 11.3 Å². The number of aromatic nitrogens is 1. The van der Waals surface area contributed by atoms with E-state index in [1.807, 2.05) is 35.2 Å². The number of carbonyl (C=O) groups excluding carboxylic acids is 1. The quantitative estimate of drug-likeness (QED) is 0.863. The molecule has 1 aromatic carbocycles. The van der Waals surface area contributed by atoms with Crippen LogP contribution in [0.2, 0.25) is 0 Å². The van der Waals surface area contributed by atoms with Crippen LogP contribution in [-0.2, 0) is 11.3 Å². The average Bonchev–Trinajstić information content (AvgIpc) is 3.10. The van der Waals surface area contributed by atoms with E-state index in [2.05, 4.69) is 12.3 Å². The zero-order valence-corrected chi connectivity index (χ0v) is 16.5. The Bertz CT molecular complexity index is 989. The molecule has 4 heterocycles. The van der Waals surface area contributed by atoms with Crippen molar-refractivity contribution in [1.29, 1.82) is 0 Å². The summed E-state index contributed by atoms with van der Waals surface area (Å²) in [7, 11) is 0. The fourth-order valence-corrected chi connectivity index (χ4v) is 4.83. The summed E-state index contributed by atoms with van der Waals surface area (Å²) in [4.78, 5) is 27.8. The molecule has 0 radical (unpaired) electrons. The van der Waals surface area contributed by atoms with Gasteiger partial charge in [-0.05, 0) is 29.7 Å². The number of nitrogens with zero attached hydrogens (tertiary/aromatic N) is 2. The molecule has 5 rings (SSSR count). The van der Waals surface area contributed by atoms with E-state index in [1.165, 1.54) is 6.07 Å². The van der Waals surface area contributed by atoms with E-state index < -0.39 is 0 Å². The average molecular weight is 395 g/mol. The fourth-order valence-electron chi connectivity index (χ4n) is 4.83. The summed E-state index contributed by atoms with van der Waals surface area (Å²) in [6.45, 7) is 4.57. The van der Waals surface area contributed by atoms with Crippen LogP contribution in [0.1, 0.15) is 35.8 Å². The summed E-state index contributed by atoms with van der Waals surface area (Å²) in [6.07, 6.45) is 3.37. The zero-order chi connectivity index (χ0) is 20.0. The molecular formula is C22H25N3O4. The minimum atomic E-state index is -0.283. The maximum Gasteiger partial charge on any atom is 0.278 e. The molecule has 2 aromatic rings. The van der Waals surface area contributed by atoms with Crippen LogP contribution in [-0.4, -0.2) is 41.4 Å². The van der Waals surface area contributed by atoms with Gasteiger partial charge in [0.05, 0.1) is 0 Å². The van der Waals surface area contributed by atoms with Gasteiger partial charge in [-0.15, -0.1) is 0 Å². The number of ether oxygens (including phenoxy) is 2. The first kappa shape index (κ1) is 18.2. The number of pyridine rings is 1. The molecule has 0 bridgehead atoms. The molecule has 3 atom stereocenters. The first-order valence-corrected chi connectivity index (χ1v) is 10.1. The fraction of sp³-hybridized carbons (Fsp3) is 0.455. The smallest absolute Gasteiger partial charge is 0.278 e. The van der Waals surface area contributed by atoms with E-state index in [0.717, 1.165) is 31.6 Å². The third-order valence-electron chi connectivity index (χ3n) is 6.65. The molecule has 1 N–H and O–H groups in total. The van der Waals surface area contributed by atoms with Gasteiger partial charge in [-0.1, -0.05) is 37.3 Å². The van der Waals surface area contributed by atoms with Gasteiger partial charge in [0.1, 0.15) is 12.8 Å². The second-order valence-corrected chi connectivity index (χ2v) is 8.37. The second kappa shape index (κ2) is 6.91. The third-order valence-corrected chi connectivity index (χ3v) is 6.65. The van der Waals surface area contributed by atoms with Crippen LogP contribution in [0.5, 0.6) is 5.75 Å². The monoisotopic (exact) mass is 395 g/mol. The maximum absolute atomic E-state index is 13.4. The highest BCUT2D eigenvalue weighted by molar-refractivity contribution is 5.96. The summed E-state index contributed by atoms with van der Waals surface area (Å²) in [5.41, 5.74) is 4.40. The van der Waals surface area contributed by atoms with Crippen LogP contribution in [0.4, 0.5) is 0 Å². The summed E-state index contributed by atoms with van der Waals surface area (Å²) in [5, 5.41) is 0. The lowest BCUT2D eigenvalue weighted by atomic mass is 9.72. The number of fused-ring (bicyclic) bond motifs is 2. The third kappa shape index (κ3) is 3.00. The highest BCUT2D eigenvalue weighted by Crippen LogP contribution is 2.47. The molecule has 7 nitrogen and oxygen atoms in total. The Morgan fingerprint density at radius 1 is 1.24 bits per heavy atom. The van der Waals surface area contributed by atoms with Gasteiger partial charge in [0.2, 0.25) is 5.43 Å². The number of rotatable bonds is 3. The lowest BCUT2D eigenvalue weighted by Gasteiger charge is -2.38. The Kier molecular flexibility index (Phi) is 4.35. The molecule has 152 valence electrons. The van der Waals surface area contributed by atoms with Gasteiger partial charge < -0.3 is 19.8 Å². The number of benzene rings is 1. The summed E-state index contributed by atoms with van der Waals surface area (Å²) >= 11 is 0. The molecule has 29 heavy (non-hydrogen) atoms. The van der Waals surface area contributed by atoms with Gasteiger partial charge in [0, 0.05) is 32.0 Å². The van der Waals surface area contributed by atoms with Crippen LogP contribution in [0.3, 0.4) is 0 Å².